The van der Waals surface area contributed by atoms with E-state index in [0.717, 1.165) is 6.42 Å². The van der Waals surface area contributed by atoms with Crippen molar-refractivity contribution in [2.45, 2.75) is 32.3 Å². The molecule has 0 saturated carbocycles. The van der Waals surface area contributed by atoms with Gasteiger partial charge in [-0.2, -0.15) is 0 Å². The highest BCUT2D eigenvalue weighted by Gasteiger charge is 2.21. The summed E-state index contributed by atoms with van der Waals surface area (Å²) in [6.45, 7) is 3.85. The summed E-state index contributed by atoms with van der Waals surface area (Å²) in [4.78, 5) is 14.3. The Balaban J connectivity index is 2.56. The van der Waals surface area contributed by atoms with Gasteiger partial charge < -0.3 is 15.4 Å². The van der Waals surface area contributed by atoms with Gasteiger partial charge in [0.15, 0.2) is 0 Å². The summed E-state index contributed by atoms with van der Waals surface area (Å²) < 4.78 is 0. The average Bonchev–Trinajstić information content (AvgIpc) is 2.56. The van der Waals surface area contributed by atoms with E-state index in [1.807, 2.05) is 6.92 Å². The topological polar surface area (TPSA) is 65.1 Å². The van der Waals surface area contributed by atoms with Gasteiger partial charge in [-0.05, 0) is 19.4 Å². The number of nitrogens with one attached hydrogen (secondary N) is 2. The van der Waals surface area contributed by atoms with Gasteiger partial charge in [0.05, 0.1) is 10.6 Å². The number of aromatic nitrogens is 1. The van der Waals surface area contributed by atoms with Crippen LogP contribution >= 0.6 is 23.2 Å². The van der Waals surface area contributed by atoms with Gasteiger partial charge in [-0.25, -0.2) is 0 Å². The number of aliphatic hydroxyl groups is 1. The van der Waals surface area contributed by atoms with Crippen LogP contribution in [0.1, 0.15) is 37.2 Å². The zero-order chi connectivity index (χ0) is 13.1. The SMILES string of the molecule is CCCC(C)(O)CNC(=O)c1cc(Cl)c(Cl)[nH]1. The lowest BCUT2D eigenvalue weighted by Crippen LogP contribution is -2.40. The van der Waals surface area contributed by atoms with Crippen molar-refractivity contribution in [2.24, 2.45) is 0 Å². The van der Waals surface area contributed by atoms with E-state index in [0.29, 0.717) is 11.4 Å². The third-order valence-electron chi connectivity index (χ3n) is 2.39. The van der Waals surface area contributed by atoms with Crippen LogP contribution in [0, 0.1) is 0 Å². The molecule has 1 atom stereocenters. The molecule has 0 aliphatic heterocycles. The number of hydrogen-bond donors (Lipinski definition) is 3. The van der Waals surface area contributed by atoms with Crippen LogP contribution in [-0.2, 0) is 0 Å². The van der Waals surface area contributed by atoms with Crippen LogP contribution in [0.5, 0.6) is 0 Å². The first kappa shape index (κ1) is 14.4. The lowest BCUT2D eigenvalue weighted by atomic mass is 10.0. The average molecular weight is 279 g/mol. The fourth-order valence-electron chi connectivity index (χ4n) is 1.52. The van der Waals surface area contributed by atoms with Gasteiger partial charge in [0.25, 0.3) is 5.91 Å². The standard InChI is InChI=1S/C11H16Cl2N2O2/c1-3-4-11(2,17)6-14-10(16)8-5-7(12)9(13)15-8/h5,15,17H,3-4,6H2,1-2H3,(H,14,16). The minimum absolute atomic E-state index is 0.188. The van der Waals surface area contributed by atoms with Crippen molar-refractivity contribution >= 4 is 29.1 Å². The number of aromatic amines is 1. The molecule has 0 radical (unpaired) electrons. The molecule has 0 saturated heterocycles. The van der Waals surface area contributed by atoms with Crippen molar-refractivity contribution in [3.8, 4) is 0 Å². The maximum Gasteiger partial charge on any atom is 0.267 e. The minimum atomic E-state index is -0.898. The molecule has 1 amide bonds. The summed E-state index contributed by atoms with van der Waals surface area (Å²) in [6.07, 6.45) is 1.47. The molecule has 17 heavy (non-hydrogen) atoms. The summed E-state index contributed by atoms with van der Waals surface area (Å²) >= 11 is 11.4. The van der Waals surface area contributed by atoms with E-state index < -0.39 is 5.60 Å². The largest absolute Gasteiger partial charge is 0.388 e. The molecule has 1 unspecified atom stereocenters. The number of carbonyl (C=O) groups is 1. The second kappa shape index (κ2) is 5.76. The lowest BCUT2D eigenvalue weighted by Gasteiger charge is -2.22. The van der Waals surface area contributed by atoms with Gasteiger partial charge in [0.1, 0.15) is 10.8 Å². The minimum Gasteiger partial charge on any atom is -0.388 e. The Morgan fingerprint density at radius 1 is 1.59 bits per heavy atom. The van der Waals surface area contributed by atoms with E-state index in [1.54, 1.807) is 6.92 Å². The Kier molecular flexibility index (Phi) is 4.86. The van der Waals surface area contributed by atoms with E-state index in [1.165, 1.54) is 6.07 Å². The van der Waals surface area contributed by atoms with E-state index in [9.17, 15) is 9.90 Å². The zero-order valence-corrected chi connectivity index (χ0v) is 11.3. The Morgan fingerprint density at radius 3 is 2.71 bits per heavy atom. The van der Waals surface area contributed by atoms with E-state index in [4.69, 9.17) is 23.2 Å². The summed E-state index contributed by atoms with van der Waals surface area (Å²) in [5.41, 5.74) is -0.614. The summed E-state index contributed by atoms with van der Waals surface area (Å²) in [5, 5.41) is 13.1. The van der Waals surface area contributed by atoms with Crippen LogP contribution in [0.15, 0.2) is 6.07 Å². The summed E-state index contributed by atoms with van der Waals surface area (Å²) in [5.74, 6) is -0.338. The molecule has 1 heterocycles. The molecule has 0 aliphatic carbocycles. The Morgan fingerprint density at radius 2 is 2.24 bits per heavy atom. The first-order valence-electron chi connectivity index (χ1n) is 5.40. The fraction of sp³-hybridized carbons (Fsp3) is 0.545. The number of halogens is 2. The van der Waals surface area contributed by atoms with Gasteiger partial charge >= 0.3 is 0 Å². The maximum absolute atomic E-state index is 11.7. The highest BCUT2D eigenvalue weighted by atomic mass is 35.5. The molecular formula is C11H16Cl2N2O2. The van der Waals surface area contributed by atoms with Gasteiger partial charge in [-0.15, -0.1) is 0 Å². The first-order valence-corrected chi connectivity index (χ1v) is 6.16. The summed E-state index contributed by atoms with van der Waals surface area (Å²) in [7, 11) is 0. The number of hydrogen-bond acceptors (Lipinski definition) is 2. The second-order valence-electron chi connectivity index (χ2n) is 4.27. The monoisotopic (exact) mass is 278 g/mol. The number of rotatable bonds is 5. The second-order valence-corrected chi connectivity index (χ2v) is 5.06. The van der Waals surface area contributed by atoms with Crippen molar-refractivity contribution < 1.29 is 9.90 Å². The molecule has 6 heteroatoms. The molecule has 96 valence electrons. The van der Waals surface area contributed by atoms with Crippen LogP contribution < -0.4 is 5.32 Å². The molecule has 1 aromatic heterocycles. The molecule has 3 N–H and O–H groups in total. The molecule has 1 rings (SSSR count). The molecular weight excluding hydrogens is 263 g/mol. The number of amides is 1. The fourth-order valence-corrected chi connectivity index (χ4v) is 1.83. The van der Waals surface area contributed by atoms with Gasteiger partial charge in [0.2, 0.25) is 0 Å². The lowest BCUT2D eigenvalue weighted by molar-refractivity contribution is 0.0468. The molecule has 0 spiro atoms. The quantitative estimate of drug-likeness (QED) is 0.775. The van der Waals surface area contributed by atoms with Gasteiger partial charge in [-0.1, -0.05) is 36.5 Å². The van der Waals surface area contributed by atoms with Crippen molar-refractivity contribution in [3.05, 3.63) is 21.9 Å². The number of H-pyrrole nitrogens is 1. The van der Waals surface area contributed by atoms with Crippen LogP contribution in [0.4, 0.5) is 0 Å². The third-order valence-corrected chi connectivity index (χ3v) is 3.08. The van der Waals surface area contributed by atoms with Gasteiger partial charge in [0, 0.05) is 6.54 Å². The van der Waals surface area contributed by atoms with Crippen LogP contribution in [0.2, 0.25) is 10.2 Å². The molecule has 0 aliphatic rings. The summed E-state index contributed by atoms with van der Waals surface area (Å²) in [6, 6.07) is 1.45. The van der Waals surface area contributed by atoms with Crippen LogP contribution in [0.25, 0.3) is 0 Å². The first-order chi connectivity index (χ1) is 7.85. The van der Waals surface area contributed by atoms with Crippen LogP contribution in [-0.4, -0.2) is 28.1 Å². The van der Waals surface area contributed by atoms with Gasteiger partial charge in [-0.3, -0.25) is 4.79 Å². The van der Waals surface area contributed by atoms with E-state index in [-0.39, 0.29) is 23.3 Å². The molecule has 4 nitrogen and oxygen atoms in total. The third kappa shape index (κ3) is 4.22. The van der Waals surface area contributed by atoms with Crippen LogP contribution in [0.3, 0.4) is 0 Å². The predicted octanol–water partition coefficient (Wildman–Crippen LogP) is 2.60. The molecule has 0 fully saturated rings. The predicted molar refractivity (Wildman–Crippen MR) is 68.7 cm³/mol. The molecule has 1 aromatic rings. The van der Waals surface area contributed by atoms with Crippen molar-refractivity contribution in [1.82, 2.24) is 10.3 Å². The zero-order valence-electron chi connectivity index (χ0n) is 9.81. The van der Waals surface area contributed by atoms with E-state index >= 15 is 0 Å². The van der Waals surface area contributed by atoms with Crippen molar-refractivity contribution in [2.75, 3.05) is 6.54 Å². The van der Waals surface area contributed by atoms with Crippen molar-refractivity contribution in [1.29, 1.82) is 0 Å². The maximum atomic E-state index is 11.7. The van der Waals surface area contributed by atoms with E-state index in [2.05, 4.69) is 10.3 Å². The normalized spacial score (nSPS) is 14.4. The smallest absolute Gasteiger partial charge is 0.267 e. The highest BCUT2D eigenvalue weighted by Crippen LogP contribution is 2.21. The Bertz CT molecular complexity index is 383. The Labute approximate surface area is 110 Å². The number of carbonyl (C=O) groups excluding carboxylic acids is 1. The highest BCUT2D eigenvalue weighted by molar-refractivity contribution is 6.41. The Hall–Kier alpha value is -0.710. The molecule has 0 aromatic carbocycles. The van der Waals surface area contributed by atoms with Crippen molar-refractivity contribution in [3.63, 3.8) is 0 Å². The molecule has 0 bridgehead atoms.